The second kappa shape index (κ2) is 8.00. The van der Waals surface area contributed by atoms with Crippen molar-refractivity contribution in [1.82, 2.24) is 9.80 Å². The van der Waals surface area contributed by atoms with Crippen LogP contribution in [0.25, 0.3) is 0 Å². The van der Waals surface area contributed by atoms with Crippen LogP contribution < -0.4 is 4.74 Å². The first-order chi connectivity index (χ1) is 14.6. The molecule has 0 aliphatic carbocycles. The van der Waals surface area contributed by atoms with Gasteiger partial charge in [-0.2, -0.15) is 0 Å². The molecule has 0 N–H and O–H groups in total. The van der Waals surface area contributed by atoms with E-state index in [2.05, 4.69) is 4.90 Å². The van der Waals surface area contributed by atoms with Gasteiger partial charge < -0.3 is 24.0 Å². The molecule has 4 aliphatic heterocycles. The van der Waals surface area contributed by atoms with Crippen molar-refractivity contribution < 1.29 is 23.4 Å². The first-order valence-corrected chi connectivity index (χ1v) is 11.2. The molecule has 5 rings (SSSR count). The van der Waals surface area contributed by atoms with Crippen LogP contribution in [0.15, 0.2) is 18.2 Å². The topological polar surface area (TPSA) is 51.2 Å². The van der Waals surface area contributed by atoms with Gasteiger partial charge in [0.15, 0.2) is 0 Å². The van der Waals surface area contributed by atoms with E-state index >= 15 is 0 Å². The summed E-state index contributed by atoms with van der Waals surface area (Å²) >= 11 is 0. The normalized spacial score (nSPS) is 29.7. The smallest absolute Gasteiger partial charge is 0.410 e. The molecular weight excluding hydrogens is 387 g/mol. The van der Waals surface area contributed by atoms with Gasteiger partial charge in [0.25, 0.3) is 0 Å². The van der Waals surface area contributed by atoms with Crippen molar-refractivity contribution in [1.29, 1.82) is 0 Å². The number of hydrogen-bond donors (Lipinski definition) is 0. The van der Waals surface area contributed by atoms with E-state index in [4.69, 9.17) is 14.2 Å². The highest BCUT2D eigenvalue weighted by Gasteiger charge is 2.48. The molecule has 1 aromatic carbocycles. The summed E-state index contributed by atoms with van der Waals surface area (Å²) in [5.41, 5.74) is 1.01. The number of piperidine rings is 2. The second-order valence-electron chi connectivity index (χ2n) is 9.27. The molecule has 164 valence electrons. The molecule has 3 fully saturated rings. The Morgan fingerprint density at radius 1 is 1.17 bits per heavy atom. The fraction of sp³-hybridized carbons (Fsp3) is 0.696. The third-order valence-electron chi connectivity index (χ3n) is 7.72. The van der Waals surface area contributed by atoms with Gasteiger partial charge in [0, 0.05) is 36.2 Å². The number of likely N-dealkylation sites (tertiary alicyclic amines) is 1. The van der Waals surface area contributed by atoms with Crippen molar-refractivity contribution in [3.05, 3.63) is 29.6 Å². The van der Waals surface area contributed by atoms with Crippen molar-refractivity contribution in [2.75, 3.05) is 40.0 Å². The van der Waals surface area contributed by atoms with E-state index in [0.29, 0.717) is 25.9 Å². The van der Waals surface area contributed by atoms with Gasteiger partial charge in [0.2, 0.25) is 0 Å². The fourth-order valence-corrected chi connectivity index (χ4v) is 6.10. The molecule has 7 heteroatoms. The number of amides is 1. The zero-order chi connectivity index (χ0) is 20.7. The third-order valence-corrected chi connectivity index (χ3v) is 7.72. The number of carbonyl (C=O) groups is 1. The summed E-state index contributed by atoms with van der Waals surface area (Å²) in [6.45, 7) is 3.41. The van der Waals surface area contributed by atoms with Gasteiger partial charge in [0.05, 0.1) is 13.2 Å². The van der Waals surface area contributed by atoms with E-state index in [1.807, 2.05) is 4.90 Å². The van der Waals surface area contributed by atoms with Gasteiger partial charge in [0.1, 0.15) is 18.2 Å². The van der Waals surface area contributed by atoms with Gasteiger partial charge in [-0.05, 0) is 69.8 Å². The Labute approximate surface area is 177 Å². The van der Waals surface area contributed by atoms with Crippen LogP contribution >= 0.6 is 0 Å². The predicted octanol–water partition coefficient (Wildman–Crippen LogP) is 3.33. The predicted molar refractivity (Wildman–Crippen MR) is 109 cm³/mol. The molecule has 2 unspecified atom stereocenters. The maximum atomic E-state index is 13.8. The van der Waals surface area contributed by atoms with Crippen LogP contribution in [-0.2, 0) is 14.9 Å². The minimum atomic E-state index is -0.183. The van der Waals surface area contributed by atoms with Gasteiger partial charge >= 0.3 is 6.09 Å². The lowest BCUT2D eigenvalue weighted by Gasteiger charge is -2.46. The quantitative estimate of drug-likeness (QED) is 0.702. The number of benzene rings is 1. The van der Waals surface area contributed by atoms with E-state index < -0.39 is 0 Å². The van der Waals surface area contributed by atoms with Gasteiger partial charge in [-0.3, -0.25) is 0 Å². The van der Waals surface area contributed by atoms with Crippen molar-refractivity contribution in [3.63, 3.8) is 0 Å². The van der Waals surface area contributed by atoms with E-state index in [9.17, 15) is 9.18 Å². The van der Waals surface area contributed by atoms with Crippen LogP contribution in [0.1, 0.15) is 44.1 Å². The Kier molecular flexibility index (Phi) is 5.35. The average molecular weight is 419 g/mol. The zero-order valence-electron chi connectivity index (χ0n) is 17.6. The maximum Gasteiger partial charge on any atom is 0.410 e. The Morgan fingerprint density at radius 3 is 2.60 bits per heavy atom. The lowest BCUT2D eigenvalue weighted by atomic mass is 9.74. The molecule has 2 bridgehead atoms. The molecule has 3 saturated heterocycles. The van der Waals surface area contributed by atoms with Crippen molar-refractivity contribution in [3.8, 4) is 5.75 Å². The Bertz CT molecular complexity index is 781. The number of rotatable bonds is 4. The summed E-state index contributed by atoms with van der Waals surface area (Å²) in [6.07, 6.45) is 5.99. The Hall–Kier alpha value is -1.86. The molecule has 1 spiro atoms. The second-order valence-corrected chi connectivity index (χ2v) is 9.27. The van der Waals surface area contributed by atoms with Crippen LogP contribution in [0, 0.1) is 5.82 Å². The van der Waals surface area contributed by atoms with E-state index in [1.54, 1.807) is 19.2 Å². The molecule has 4 aliphatic rings. The molecule has 0 aromatic heterocycles. The lowest BCUT2D eigenvalue weighted by molar-refractivity contribution is 0.0172. The molecule has 30 heavy (non-hydrogen) atoms. The maximum absolute atomic E-state index is 13.8. The molecule has 1 aromatic rings. The summed E-state index contributed by atoms with van der Waals surface area (Å²) < 4.78 is 30.1. The highest BCUT2D eigenvalue weighted by molar-refractivity contribution is 5.69. The third kappa shape index (κ3) is 3.46. The van der Waals surface area contributed by atoms with Crippen molar-refractivity contribution in [2.24, 2.45) is 0 Å². The molecule has 1 amide bonds. The zero-order valence-corrected chi connectivity index (χ0v) is 17.6. The summed E-state index contributed by atoms with van der Waals surface area (Å²) in [5.74, 6) is 0.672. The highest BCUT2D eigenvalue weighted by atomic mass is 19.1. The summed E-state index contributed by atoms with van der Waals surface area (Å²) in [7, 11) is 1.61. The van der Waals surface area contributed by atoms with Crippen molar-refractivity contribution in [2.45, 2.75) is 62.1 Å². The standard InChI is InChI=1S/C23H31FN2O4/c1-28-10-11-29-22(27)26-17-3-4-18(26)14-19(13-17)25-8-6-23(7-9-25)15-30-21-5-2-16(24)12-20(21)23/h2,5,12,17-19H,3-4,6-11,13-15H2,1H3. The molecule has 0 saturated carbocycles. The van der Waals surface area contributed by atoms with Crippen LogP contribution in [0.3, 0.4) is 0 Å². The van der Waals surface area contributed by atoms with Crippen LogP contribution in [0.2, 0.25) is 0 Å². The van der Waals surface area contributed by atoms with Gasteiger partial charge in [-0.1, -0.05) is 0 Å². The molecule has 4 heterocycles. The van der Waals surface area contributed by atoms with Gasteiger partial charge in [-0.25, -0.2) is 9.18 Å². The lowest BCUT2D eigenvalue weighted by Crippen LogP contribution is -2.55. The molecular formula is C23H31FN2O4. The average Bonchev–Trinajstić information content (AvgIpc) is 3.23. The largest absolute Gasteiger partial charge is 0.492 e. The number of nitrogens with zero attached hydrogens (tertiary/aromatic N) is 2. The number of fused-ring (bicyclic) bond motifs is 4. The summed E-state index contributed by atoms with van der Waals surface area (Å²) in [4.78, 5) is 17.1. The monoisotopic (exact) mass is 418 g/mol. The van der Waals surface area contributed by atoms with Crippen LogP contribution in [0.5, 0.6) is 5.75 Å². The number of ether oxygens (including phenoxy) is 3. The number of hydrogen-bond acceptors (Lipinski definition) is 5. The SMILES string of the molecule is COCCOC(=O)N1C2CCC1CC(N1CCC3(CC1)COc1ccc(F)cc13)C2. The number of methoxy groups -OCH3 is 1. The van der Waals surface area contributed by atoms with Crippen molar-refractivity contribution >= 4 is 6.09 Å². The van der Waals surface area contributed by atoms with Gasteiger partial charge in [-0.15, -0.1) is 0 Å². The molecule has 0 radical (unpaired) electrons. The van der Waals surface area contributed by atoms with Crippen LogP contribution in [-0.4, -0.2) is 74.0 Å². The summed E-state index contributed by atoms with van der Waals surface area (Å²) in [6, 6.07) is 6.00. The first-order valence-electron chi connectivity index (χ1n) is 11.2. The molecule has 6 nitrogen and oxygen atoms in total. The Morgan fingerprint density at radius 2 is 1.90 bits per heavy atom. The van der Waals surface area contributed by atoms with Crippen LogP contribution in [0.4, 0.5) is 9.18 Å². The minimum Gasteiger partial charge on any atom is -0.492 e. The van der Waals surface area contributed by atoms with E-state index in [1.165, 1.54) is 6.07 Å². The fourth-order valence-electron chi connectivity index (χ4n) is 6.10. The first kappa shape index (κ1) is 20.1. The Balaban J connectivity index is 1.20. The number of carbonyl (C=O) groups excluding carboxylic acids is 1. The molecule has 2 atom stereocenters. The van der Waals surface area contributed by atoms with E-state index in [0.717, 1.165) is 62.9 Å². The summed E-state index contributed by atoms with van der Waals surface area (Å²) in [5, 5.41) is 0. The highest BCUT2D eigenvalue weighted by Crippen LogP contribution is 2.47. The van der Waals surface area contributed by atoms with E-state index in [-0.39, 0.29) is 29.4 Å². The number of halogens is 1. The minimum absolute atomic E-state index is 0.0429.